The fraction of sp³-hybridized carbons (Fsp3) is 0.0435. The Morgan fingerprint density at radius 3 is 2.80 bits per heavy atom. The molecule has 0 unspecified atom stereocenters. The van der Waals surface area contributed by atoms with Gasteiger partial charge in [-0.25, -0.2) is 14.6 Å². The average molecular weight is 411 g/mol. The lowest BCUT2D eigenvalue weighted by atomic mass is 10.1. The molecule has 0 saturated carbocycles. The summed E-state index contributed by atoms with van der Waals surface area (Å²) in [6, 6.07) is 19.2. The van der Waals surface area contributed by atoms with Crippen LogP contribution in [0.25, 0.3) is 27.3 Å². The Morgan fingerprint density at radius 1 is 1.03 bits per heavy atom. The molecule has 6 nitrogen and oxygen atoms in total. The summed E-state index contributed by atoms with van der Waals surface area (Å²) >= 11 is 1.60. The van der Waals surface area contributed by atoms with Crippen molar-refractivity contribution in [3.63, 3.8) is 0 Å². The molecular weight excluding hydrogens is 394 g/mol. The largest absolute Gasteiger partial charge is 0.348 e. The van der Waals surface area contributed by atoms with Crippen molar-refractivity contribution in [1.29, 1.82) is 0 Å². The minimum absolute atomic E-state index is 0.151. The maximum Gasteiger partial charge on any atom is 0.252 e. The van der Waals surface area contributed by atoms with Crippen molar-refractivity contribution in [1.82, 2.24) is 25.1 Å². The van der Waals surface area contributed by atoms with Gasteiger partial charge in [-0.15, -0.1) is 11.3 Å². The van der Waals surface area contributed by atoms with Crippen LogP contribution in [0.2, 0.25) is 0 Å². The van der Waals surface area contributed by atoms with E-state index in [0.717, 1.165) is 27.0 Å². The highest BCUT2D eigenvalue weighted by molar-refractivity contribution is 7.13. The highest BCUT2D eigenvalue weighted by Crippen LogP contribution is 2.28. The zero-order chi connectivity index (χ0) is 20.3. The average Bonchev–Trinajstić information content (AvgIpc) is 3.51. The summed E-state index contributed by atoms with van der Waals surface area (Å²) in [5.41, 5.74) is 3.08. The molecule has 4 aromatic heterocycles. The van der Waals surface area contributed by atoms with Gasteiger partial charge < -0.3 is 5.32 Å². The summed E-state index contributed by atoms with van der Waals surface area (Å²) in [4.78, 5) is 23.3. The van der Waals surface area contributed by atoms with Gasteiger partial charge >= 0.3 is 0 Å². The van der Waals surface area contributed by atoms with E-state index in [2.05, 4.69) is 15.4 Å². The van der Waals surface area contributed by atoms with Gasteiger partial charge in [0.05, 0.1) is 21.7 Å². The molecule has 0 saturated heterocycles. The van der Waals surface area contributed by atoms with Crippen molar-refractivity contribution in [3.8, 4) is 16.4 Å². The second-order valence-electron chi connectivity index (χ2n) is 6.67. The topological polar surface area (TPSA) is 72.7 Å². The number of thiophene rings is 1. The third-order valence-electron chi connectivity index (χ3n) is 4.76. The van der Waals surface area contributed by atoms with E-state index in [1.54, 1.807) is 28.4 Å². The van der Waals surface area contributed by atoms with E-state index in [1.165, 1.54) is 0 Å². The molecule has 1 aromatic carbocycles. The van der Waals surface area contributed by atoms with E-state index in [9.17, 15) is 4.79 Å². The van der Waals surface area contributed by atoms with E-state index in [0.29, 0.717) is 17.9 Å². The van der Waals surface area contributed by atoms with Crippen molar-refractivity contribution in [2.24, 2.45) is 0 Å². The van der Waals surface area contributed by atoms with Crippen LogP contribution in [-0.4, -0.2) is 25.7 Å². The number of amides is 1. The van der Waals surface area contributed by atoms with Crippen molar-refractivity contribution < 1.29 is 4.79 Å². The van der Waals surface area contributed by atoms with Gasteiger partial charge in [0.25, 0.3) is 5.91 Å². The smallest absolute Gasteiger partial charge is 0.252 e. The predicted molar refractivity (Wildman–Crippen MR) is 118 cm³/mol. The van der Waals surface area contributed by atoms with E-state index >= 15 is 0 Å². The monoisotopic (exact) mass is 411 g/mol. The first-order chi connectivity index (χ1) is 14.8. The quantitative estimate of drug-likeness (QED) is 0.463. The van der Waals surface area contributed by atoms with Crippen molar-refractivity contribution in [2.75, 3.05) is 0 Å². The minimum Gasteiger partial charge on any atom is -0.348 e. The molecule has 0 atom stereocenters. The molecule has 1 amide bonds. The Bertz CT molecular complexity index is 1310. The minimum atomic E-state index is -0.151. The van der Waals surface area contributed by atoms with Crippen molar-refractivity contribution in [2.45, 2.75) is 6.54 Å². The maximum atomic E-state index is 13.2. The second-order valence-corrected chi connectivity index (χ2v) is 7.62. The Balaban J connectivity index is 1.48. The molecule has 0 aliphatic rings. The highest BCUT2D eigenvalue weighted by atomic mass is 32.1. The summed E-state index contributed by atoms with van der Waals surface area (Å²) in [6.45, 7) is 0.340. The van der Waals surface area contributed by atoms with Gasteiger partial charge in [-0.05, 0) is 35.7 Å². The lowest BCUT2D eigenvalue weighted by Crippen LogP contribution is -2.24. The van der Waals surface area contributed by atoms with Crippen LogP contribution >= 0.6 is 11.3 Å². The maximum absolute atomic E-state index is 13.2. The number of para-hydroxylation sites is 1. The Morgan fingerprint density at radius 2 is 1.97 bits per heavy atom. The number of rotatable bonds is 5. The lowest BCUT2D eigenvalue weighted by Gasteiger charge is -2.12. The number of hydrogen-bond donors (Lipinski definition) is 1. The molecular formula is C23H17N5OS. The highest BCUT2D eigenvalue weighted by Gasteiger charge is 2.15. The summed E-state index contributed by atoms with van der Waals surface area (Å²) in [6.07, 6.45) is 5.25. The molecule has 0 radical (unpaired) electrons. The zero-order valence-corrected chi connectivity index (χ0v) is 16.7. The first kappa shape index (κ1) is 18.2. The summed E-state index contributed by atoms with van der Waals surface area (Å²) in [5, 5.41) is 10.1. The van der Waals surface area contributed by atoms with Crippen LogP contribution in [0.1, 0.15) is 15.9 Å². The first-order valence-corrected chi connectivity index (χ1v) is 10.3. The van der Waals surface area contributed by atoms with Crippen LogP contribution in [0.3, 0.4) is 0 Å². The third-order valence-corrected chi connectivity index (χ3v) is 5.66. The van der Waals surface area contributed by atoms with E-state index in [1.807, 2.05) is 72.2 Å². The number of benzene rings is 1. The summed E-state index contributed by atoms with van der Waals surface area (Å²) in [5.74, 6) is 0.545. The Hall–Kier alpha value is -3.84. The fourth-order valence-electron chi connectivity index (χ4n) is 3.35. The van der Waals surface area contributed by atoms with Crippen LogP contribution in [0.15, 0.2) is 84.6 Å². The number of hydrogen-bond acceptors (Lipinski definition) is 5. The van der Waals surface area contributed by atoms with Gasteiger partial charge in [-0.2, -0.15) is 5.10 Å². The molecule has 30 heavy (non-hydrogen) atoms. The van der Waals surface area contributed by atoms with Crippen molar-refractivity contribution in [3.05, 3.63) is 95.8 Å². The standard InChI is InChI=1S/C23H17N5OS/c29-23(25-15-16-6-3-10-24-22(16)28-12-5-11-26-28)18-14-20(21-9-4-13-30-21)27-19-8-2-1-7-17(18)19/h1-14H,15H2,(H,25,29). The normalized spacial score (nSPS) is 10.9. The number of nitrogens with zero attached hydrogens (tertiary/aromatic N) is 4. The van der Waals surface area contributed by atoms with Gasteiger partial charge in [0.1, 0.15) is 0 Å². The number of carbonyl (C=O) groups excluding carboxylic acids is 1. The molecule has 0 fully saturated rings. The van der Waals surface area contributed by atoms with Gasteiger partial charge in [-0.1, -0.05) is 30.3 Å². The fourth-order valence-corrected chi connectivity index (χ4v) is 4.04. The van der Waals surface area contributed by atoms with Gasteiger partial charge in [0.2, 0.25) is 0 Å². The van der Waals surface area contributed by atoms with E-state index in [-0.39, 0.29) is 5.91 Å². The Labute approximate surface area is 176 Å². The molecule has 4 heterocycles. The SMILES string of the molecule is O=C(NCc1cccnc1-n1cccn1)c1cc(-c2cccs2)nc2ccccc12. The third kappa shape index (κ3) is 3.46. The number of carbonyl (C=O) groups is 1. The molecule has 0 aliphatic carbocycles. The number of pyridine rings is 2. The predicted octanol–water partition coefficient (Wildman–Crippen LogP) is 4.47. The van der Waals surface area contributed by atoms with E-state index in [4.69, 9.17) is 4.98 Å². The van der Waals surface area contributed by atoms with Gasteiger partial charge in [0, 0.05) is 36.1 Å². The molecule has 7 heteroatoms. The summed E-state index contributed by atoms with van der Waals surface area (Å²) < 4.78 is 1.69. The molecule has 146 valence electrons. The van der Waals surface area contributed by atoms with Crippen LogP contribution in [0.5, 0.6) is 0 Å². The lowest BCUT2D eigenvalue weighted by molar-refractivity contribution is 0.0952. The van der Waals surface area contributed by atoms with Crippen LogP contribution < -0.4 is 5.32 Å². The van der Waals surface area contributed by atoms with Crippen LogP contribution in [-0.2, 0) is 6.54 Å². The Kier molecular flexibility index (Phi) is 4.78. The van der Waals surface area contributed by atoms with E-state index < -0.39 is 0 Å². The molecule has 5 aromatic rings. The molecule has 5 rings (SSSR count). The van der Waals surface area contributed by atoms with Gasteiger partial charge in [-0.3, -0.25) is 4.79 Å². The first-order valence-electron chi connectivity index (χ1n) is 9.45. The van der Waals surface area contributed by atoms with Crippen LogP contribution in [0.4, 0.5) is 0 Å². The van der Waals surface area contributed by atoms with Crippen LogP contribution in [0, 0.1) is 0 Å². The number of aromatic nitrogens is 4. The van der Waals surface area contributed by atoms with Crippen molar-refractivity contribution >= 4 is 28.1 Å². The molecule has 0 aliphatic heterocycles. The molecule has 1 N–H and O–H groups in total. The zero-order valence-electron chi connectivity index (χ0n) is 15.9. The number of fused-ring (bicyclic) bond motifs is 1. The number of nitrogens with one attached hydrogen (secondary N) is 1. The van der Waals surface area contributed by atoms with Gasteiger partial charge in [0.15, 0.2) is 5.82 Å². The summed E-state index contributed by atoms with van der Waals surface area (Å²) in [7, 11) is 0. The molecule has 0 spiro atoms. The second kappa shape index (κ2) is 7.88. The molecule has 0 bridgehead atoms.